The number of hydrogen-bond donors (Lipinski definition) is 1. The lowest BCUT2D eigenvalue weighted by Gasteiger charge is -2.15. The maximum atomic E-state index is 13.0. The van der Waals surface area contributed by atoms with Crippen molar-refractivity contribution in [3.8, 4) is 34.1 Å². The topological polar surface area (TPSA) is 125 Å². The second-order valence-corrected chi connectivity index (χ2v) is 11.3. The first-order valence-electron chi connectivity index (χ1n) is 10.9. The molecule has 11 heteroatoms. The predicted octanol–water partition coefficient (Wildman–Crippen LogP) is 4.53. The Labute approximate surface area is 216 Å². The van der Waals surface area contributed by atoms with Crippen LogP contribution in [0.3, 0.4) is 0 Å². The Morgan fingerprint density at radius 1 is 0.784 bits per heavy atom. The summed E-state index contributed by atoms with van der Waals surface area (Å²) < 4.78 is 81.8. The van der Waals surface area contributed by atoms with E-state index in [2.05, 4.69) is 0 Å². The highest BCUT2D eigenvalue weighted by molar-refractivity contribution is 7.93. The molecule has 0 bridgehead atoms. The van der Waals surface area contributed by atoms with Gasteiger partial charge in [-0.2, -0.15) is 8.42 Å². The fourth-order valence-electron chi connectivity index (χ4n) is 3.81. The fourth-order valence-corrected chi connectivity index (χ4v) is 5.73. The van der Waals surface area contributed by atoms with Gasteiger partial charge in [-0.1, -0.05) is 18.2 Å². The monoisotopic (exact) mass is 548 g/mol. The zero-order chi connectivity index (χ0) is 27.4. The van der Waals surface area contributed by atoms with Crippen molar-refractivity contribution in [2.45, 2.75) is 17.6 Å². The van der Waals surface area contributed by atoms with Crippen LogP contribution in [0.5, 0.6) is 23.0 Å². The molecule has 0 aliphatic rings. The third-order valence-corrected chi connectivity index (χ3v) is 7.82. The molecular weight excluding hydrogens is 520 g/mol. The van der Waals surface area contributed by atoms with E-state index in [-0.39, 0.29) is 11.1 Å². The number of rotatable bonds is 10. The maximum Gasteiger partial charge on any atom is 0.295 e. The molecule has 0 saturated heterocycles. The van der Waals surface area contributed by atoms with Crippen LogP contribution in [0.2, 0.25) is 0 Å². The van der Waals surface area contributed by atoms with Gasteiger partial charge < -0.3 is 18.9 Å². The van der Waals surface area contributed by atoms with Crippen molar-refractivity contribution >= 4 is 26.0 Å². The van der Waals surface area contributed by atoms with Crippen LogP contribution < -0.4 is 18.9 Å². The smallest absolute Gasteiger partial charge is 0.295 e. The minimum absolute atomic E-state index is 0.196. The summed E-state index contributed by atoms with van der Waals surface area (Å²) in [5.41, 5.74) is 1.75. The van der Waals surface area contributed by atoms with Gasteiger partial charge in [0.25, 0.3) is 10.1 Å². The van der Waals surface area contributed by atoms with Gasteiger partial charge in [-0.25, -0.2) is 8.42 Å². The molecule has 3 aromatic carbocycles. The van der Waals surface area contributed by atoms with E-state index in [0.717, 1.165) is 5.41 Å². The molecule has 0 aliphatic heterocycles. The zero-order valence-corrected chi connectivity index (χ0v) is 22.6. The summed E-state index contributed by atoms with van der Waals surface area (Å²) in [5, 5.41) is 1.00. The van der Waals surface area contributed by atoms with Crippen molar-refractivity contribution in [1.82, 2.24) is 0 Å². The second kappa shape index (κ2) is 11.2. The maximum absolute atomic E-state index is 13.0. The Bertz CT molecular complexity index is 1520. The number of ether oxygens (including phenoxy) is 4. The van der Waals surface area contributed by atoms with Crippen molar-refractivity contribution in [3.05, 3.63) is 70.6 Å². The first-order valence-corrected chi connectivity index (χ1v) is 14.0. The molecule has 0 amide bonds. The highest BCUT2D eigenvalue weighted by Crippen LogP contribution is 2.37. The minimum Gasteiger partial charge on any atom is -0.496 e. The Kier molecular flexibility index (Phi) is 8.52. The lowest BCUT2D eigenvalue weighted by Crippen LogP contribution is -2.07. The summed E-state index contributed by atoms with van der Waals surface area (Å²) in [4.78, 5) is -0.421. The molecule has 37 heavy (non-hydrogen) atoms. The summed E-state index contributed by atoms with van der Waals surface area (Å²) in [5.74, 6) is 1.04. The number of hydrogen-bond acceptors (Lipinski definition) is 8. The molecule has 0 radical (unpaired) electrons. The number of sulfone groups is 1. The van der Waals surface area contributed by atoms with Crippen LogP contribution >= 0.6 is 0 Å². The summed E-state index contributed by atoms with van der Waals surface area (Å²) in [6, 6.07) is 12.6. The molecule has 0 aliphatic carbocycles. The number of methoxy groups -OCH3 is 4. The van der Waals surface area contributed by atoms with E-state index < -0.39 is 30.6 Å². The van der Waals surface area contributed by atoms with E-state index >= 15 is 0 Å². The van der Waals surface area contributed by atoms with Gasteiger partial charge in [-0.05, 0) is 42.3 Å². The van der Waals surface area contributed by atoms with Crippen molar-refractivity contribution in [3.63, 3.8) is 0 Å². The summed E-state index contributed by atoms with van der Waals surface area (Å²) >= 11 is 0. The van der Waals surface area contributed by atoms with Crippen LogP contribution in [0.4, 0.5) is 0 Å². The van der Waals surface area contributed by atoms with Crippen LogP contribution in [-0.4, -0.2) is 49.8 Å². The van der Waals surface area contributed by atoms with Gasteiger partial charge in [0.15, 0.2) is 9.84 Å². The predicted molar refractivity (Wildman–Crippen MR) is 141 cm³/mol. The van der Waals surface area contributed by atoms with Gasteiger partial charge >= 0.3 is 0 Å². The van der Waals surface area contributed by atoms with Crippen LogP contribution in [0.15, 0.2) is 58.8 Å². The van der Waals surface area contributed by atoms with E-state index in [1.807, 2.05) is 0 Å². The van der Waals surface area contributed by atoms with E-state index in [1.54, 1.807) is 43.3 Å². The molecule has 3 rings (SSSR count). The van der Waals surface area contributed by atoms with Crippen molar-refractivity contribution in [1.29, 1.82) is 0 Å². The van der Waals surface area contributed by atoms with Gasteiger partial charge in [0.2, 0.25) is 0 Å². The molecule has 0 heterocycles. The molecule has 0 aromatic heterocycles. The molecule has 0 atom stereocenters. The van der Waals surface area contributed by atoms with Crippen molar-refractivity contribution < 1.29 is 40.3 Å². The first kappa shape index (κ1) is 28.0. The Balaban J connectivity index is 2.06. The normalized spacial score (nSPS) is 11.9. The third kappa shape index (κ3) is 6.43. The Morgan fingerprint density at radius 3 is 1.92 bits per heavy atom. The van der Waals surface area contributed by atoms with Crippen LogP contribution in [0, 0.1) is 6.92 Å². The third-order valence-electron chi connectivity index (χ3n) is 5.67. The number of aryl methyl sites for hydroxylation is 1. The summed E-state index contributed by atoms with van der Waals surface area (Å²) in [7, 11) is -2.80. The molecule has 0 spiro atoms. The molecular formula is C26H28O9S2. The summed E-state index contributed by atoms with van der Waals surface area (Å²) in [6.07, 6.45) is 1.34. The Hall–Kier alpha value is -3.54. The fraction of sp³-hybridized carbons (Fsp3) is 0.231. The zero-order valence-electron chi connectivity index (χ0n) is 21.0. The van der Waals surface area contributed by atoms with Crippen LogP contribution in [0.1, 0.15) is 16.7 Å². The average Bonchev–Trinajstić information content (AvgIpc) is 2.87. The van der Waals surface area contributed by atoms with Gasteiger partial charge in [0.05, 0.1) is 39.8 Å². The van der Waals surface area contributed by atoms with Crippen LogP contribution in [0.25, 0.3) is 17.2 Å². The Morgan fingerprint density at radius 2 is 1.38 bits per heavy atom. The van der Waals surface area contributed by atoms with Gasteiger partial charge in [-0.15, -0.1) is 0 Å². The summed E-state index contributed by atoms with van der Waals surface area (Å²) in [6.45, 7) is 1.66. The minimum atomic E-state index is -4.69. The number of para-hydroxylation sites is 1. The van der Waals surface area contributed by atoms with Gasteiger partial charge in [0.1, 0.15) is 27.9 Å². The quantitative estimate of drug-likeness (QED) is 0.364. The molecule has 0 fully saturated rings. The van der Waals surface area contributed by atoms with Gasteiger partial charge in [-0.3, -0.25) is 4.55 Å². The van der Waals surface area contributed by atoms with E-state index in [1.165, 1.54) is 46.6 Å². The molecule has 0 unspecified atom stereocenters. The molecule has 3 aromatic rings. The largest absolute Gasteiger partial charge is 0.496 e. The highest BCUT2D eigenvalue weighted by Gasteiger charge is 2.23. The molecule has 9 nitrogen and oxygen atoms in total. The molecule has 1 N–H and O–H groups in total. The van der Waals surface area contributed by atoms with Gasteiger partial charge in [0, 0.05) is 28.7 Å². The average molecular weight is 549 g/mol. The lowest BCUT2D eigenvalue weighted by molar-refractivity contribution is 0.374. The molecule has 198 valence electrons. The van der Waals surface area contributed by atoms with E-state index in [9.17, 15) is 21.4 Å². The first-order chi connectivity index (χ1) is 17.4. The second-order valence-electron chi connectivity index (χ2n) is 8.01. The lowest BCUT2D eigenvalue weighted by atomic mass is 9.99. The van der Waals surface area contributed by atoms with E-state index in [0.29, 0.717) is 39.7 Å². The van der Waals surface area contributed by atoms with Crippen LogP contribution in [-0.2, 0) is 25.7 Å². The highest BCUT2D eigenvalue weighted by atomic mass is 32.2. The van der Waals surface area contributed by atoms with Crippen molar-refractivity contribution in [2.75, 3.05) is 28.4 Å². The molecule has 0 saturated carbocycles. The van der Waals surface area contributed by atoms with E-state index in [4.69, 9.17) is 18.9 Å². The SMILES string of the molecule is COc1cc(OC)c(/C=C/S(=O)(=O)Cc2cc(S(=O)(=O)O)c(-c3ccccc3OC)cc2C)c(OC)c1. The van der Waals surface area contributed by atoms with Crippen molar-refractivity contribution in [2.24, 2.45) is 0 Å². The standard InChI is InChI=1S/C26H28O9S2/c1-17-12-22(20-8-6-7-9-23(20)33-3)26(37(29,30)31)13-18(17)16-36(27,28)11-10-21-24(34-4)14-19(32-2)15-25(21)35-5/h6-15H,16H2,1-5H3,(H,29,30,31)/b11-10+. The number of benzene rings is 3.